The first-order valence-electron chi connectivity index (χ1n) is 7.74. The average Bonchev–Trinajstić information content (AvgIpc) is 3.25. The van der Waals surface area contributed by atoms with Crippen molar-refractivity contribution in [2.75, 3.05) is 11.9 Å². The van der Waals surface area contributed by atoms with Gasteiger partial charge in [-0.25, -0.2) is 4.39 Å². The molecule has 1 unspecified atom stereocenters. The van der Waals surface area contributed by atoms with E-state index in [1.807, 2.05) is 6.07 Å². The second kappa shape index (κ2) is 6.37. The van der Waals surface area contributed by atoms with Crippen molar-refractivity contribution in [2.24, 2.45) is 0 Å². The second-order valence-corrected chi connectivity index (χ2v) is 7.04. The molecule has 0 spiro atoms. The Balaban J connectivity index is 1.65. The predicted molar refractivity (Wildman–Crippen MR) is 99.9 cm³/mol. The van der Waals surface area contributed by atoms with Crippen molar-refractivity contribution in [2.45, 2.75) is 12.6 Å². The van der Waals surface area contributed by atoms with Crippen LogP contribution in [-0.4, -0.2) is 21.1 Å². The maximum Gasteiger partial charge on any atom is 0.174 e. The molecule has 1 aliphatic heterocycles. The molecule has 0 amide bonds. The summed E-state index contributed by atoms with van der Waals surface area (Å²) in [4.78, 5) is 3.43. The fourth-order valence-corrected chi connectivity index (χ4v) is 4.27. The molecule has 0 saturated heterocycles. The van der Waals surface area contributed by atoms with Crippen LogP contribution in [0.15, 0.2) is 60.1 Å². The number of aromatic nitrogens is 1. The summed E-state index contributed by atoms with van der Waals surface area (Å²) < 4.78 is 15.7. The van der Waals surface area contributed by atoms with Gasteiger partial charge < -0.3 is 14.8 Å². The number of benzene rings is 1. The van der Waals surface area contributed by atoms with Crippen molar-refractivity contribution >= 4 is 34.4 Å². The molecule has 0 saturated carbocycles. The number of thiocarbonyl (C=S) groups is 1. The summed E-state index contributed by atoms with van der Waals surface area (Å²) in [6.45, 7) is 1.70. The van der Waals surface area contributed by atoms with Gasteiger partial charge in [-0.1, -0.05) is 12.1 Å². The molecule has 0 radical (unpaired) electrons. The van der Waals surface area contributed by atoms with Crippen molar-refractivity contribution < 1.29 is 4.39 Å². The van der Waals surface area contributed by atoms with Gasteiger partial charge in [-0.2, -0.15) is 0 Å². The van der Waals surface area contributed by atoms with Gasteiger partial charge in [0.25, 0.3) is 0 Å². The van der Waals surface area contributed by atoms with E-state index in [0.717, 1.165) is 13.1 Å². The number of hydrogen-bond acceptors (Lipinski definition) is 2. The number of thiophene rings is 1. The van der Waals surface area contributed by atoms with Crippen LogP contribution in [0.2, 0.25) is 0 Å². The molecule has 3 nitrogen and oxygen atoms in total. The molecular weight excluding hydrogens is 341 g/mol. The van der Waals surface area contributed by atoms with Gasteiger partial charge in [-0.15, -0.1) is 11.3 Å². The molecule has 0 aliphatic carbocycles. The zero-order chi connectivity index (χ0) is 16.5. The lowest BCUT2D eigenvalue weighted by atomic mass is 10.1. The molecule has 1 aromatic carbocycles. The number of anilines is 1. The number of fused-ring (bicyclic) bond motifs is 1. The average molecular weight is 357 g/mol. The van der Waals surface area contributed by atoms with E-state index in [2.05, 4.69) is 50.6 Å². The Morgan fingerprint density at radius 1 is 1.17 bits per heavy atom. The lowest BCUT2D eigenvalue weighted by Crippen LogP contribution is -2.44. The maximum absolute atomic E-state index is 13.4. The number of hydrogen-bond donors (Lipinski definition) is 1. The van der Waals surface area contributed by atoms with Crippen molar-refractivity contribution in [3.05, 3.63) is 76.5 Å². The SMILES string of the molecule is Fc1cccc(NC(=S)N2CCn3cccc3C2c2cccs2)c1. The number of nitrogens with zero attached hydrogens (tertiary/aromatic N) is 2. The van der Waals surface area contributed by atoms with Crippen LogP contribution in [0, 0.1) is 5.82 Å². The fourth-order valence-electron chi connectivity index (χ4n) is 3.11. The van der Waals surface area contributed by atoms with Crippen LogP contribution in [-0.2, 0) is 6.54 Å². The molecular formula is C18H16FN3S2. The molecule has 1 atom stereocenters. The number of nitrogens with one attached hydrogen (secondary N) is 1. The van der Waals surface area contributed by atoms with Crippen LogP contribution in [0.4, 0.5) is 10.1 Å². The molecule has 4 rings (SSSR count). The highest BCUT2D eigenvalue weighted by atomic mass is 32.1. The van der Waals surface area contributed by atoms with Crippen LogP contribution in [0.5, 0.6) is 0 Å². The van der Waals surface area contributed by atoms with Crippen LogP contribution in [0.1, 0.15) is 16.6 Å². The van der Waals surface area contributed by atoms with Crippen molar-refractivity contribution in [3.8, 4) is 0 Å². The summed E-state index contributed by atoms with van der Waals surface area (Å²) in [5, 5.41) is 5.88. The first-order valence-corrected chi connectivity index (χ1v) is 9.03. The highest BCUT2D eigenvalue weighted by Gasteiger charge is 2.31. The summed E-state index contributed by atoms with van der Waals surface area (Å²) in [6, 6.07) is 14.9. The Labute approximate surface area is 149 Å². The van der Waals surface area contributed by atoms with Crippen molar-refractivity contribution in [3.63, 3.8) is 0 Å². The Kier molecular flexibility index (Phi) is 4.08. The Bertz CT molecular complexity index is 857. The molecule has 0 fully saturated rings. The first-order chi connectivity index (χ1) is 11.7. The van der Waals surface area contributed by atoms with E-state index < -0.39 is 0 Å². The van der Waals surface area contributed by atoms with Crippen LogP contribution in [0.25, 0.3) is 0 Å². The van der Waals surface area contributed by atoms with Gasteiger partial charge in [0.2, 0.25) is 0 Å². The van der Waals surface area contributed by atoms with Gasteiger partial charge in [-0.05, 0) is 54.0 Å². The lowest BCUT2D eigenvalue weighted by Gasteiger charge is -2.38. The molecule has 3 aromatic rings. The summed E-state index contributed by atoms with van der Waals surface area (Å²) >= 11 is 7.36. The summed E-state index contributed by atoms with van der Waals surface area (Å²) in [5.41, 5.74) is 1.90. The van der Waals surface area contributed by atoms with Gasteiger partial charge in [0.15, 0.2) is 5.11 Å². The van der Waals surface area contributed by atoms with Gasteiger partial charge >= 0.3 is 0 Å². The van der Waals surface area contributed by atoms with E-state index in [9.17, 15) is 4.39 Å². The second-order valence-electron chi connectivity index (χ2n) is 5.68. The third-order valence-electron chi connectivity index (χ3n) is 4.19. The first kappa shape index (κ1) is 15.4. The van der Waals surface area contributed by atoms with Crippen molar-refractivity contribution in [1.29, 1.82) is 0 Å². The molecule has 0 bridgehead atoms. The fraction of sp³-hybridized carbons (Fsp3) is 0.167. The van der Waals surface area contributed by atoms with Gasteiger partial charge in [0.1, 0.15) is 11.9 Å². The minimum Gasteiger partial charge on any atom is -0.347 e. The number of rotatable bonds is 2. The van der Waals surface area contributed by atoms with Crippen LogP contribution < -0.4 is 5.32 Å². The van der Waals surface area contributed by atoms with E-state index in [1.54, 1.807) is 17.4 Å². The molecule has 1 aliphatic rings. The molecule has 122 valence electrons. The highest BCUT2D eigenvalue weighted by Crippen LogP contribution is 2.35. The molecule has 1 N–H and O–H groups in total. The Morgan fingerprint density at radius 3 is 2.88 bits per heavy atom. The minimum atomic E-state index is -0.273. The quantitative estimate of drug-likeness (QED) is 0.683. The summed E-state index contributed by atoms with van der Waals surface area (Å²) in [6.07, 6.45) is 2.11. The number of halogens is 1. The standard InChI is InChI=1S/C18H16FN3S2/c19-13-4-1-5-14(12-13)20-18(23)22-10-9-21-8-2-6-15(21)17(22)16-7-3-11-24-16/h1-8,11-12,17H,9-10H2,(H,20,23). The molecule has 24 heavy (non-hydrogen) atoms. The molecule has 6 heteroatoms. The molecule has 2 aromatic heterocycles. The Morgan fingerprint density at radius 2 is 2.08 bits per heavy atom. The maximum atomic E-state index is 13.4. The zero-order valence-corrected chi connectivity index (χ0v) is 14.5. The third-order valence-corrected chi connectivity index (χ3v) is 5.45. The van der Waals surface area contributed by atoms with Crippen molar-refractivity contribution in [1.82, 2.24) is 9.47 Å². The van der Waals surface area contributed by atoms with Crippen LogP contribution >= 0.6 is 23.6 Å². The summed E-state index contributed by atoms with van der Waals surface area (Å²) in [7, 11) is 0. The van der Waals surface area contributed by atoms with Gasteiger partial charge in [-0.3, -0.25) is 0 Å². The van der Waals surface area contributed by atoms with E-state index in [1.165, 1.54) is 22.7 Å². The third kappa shape index (κ3) is 2.83. The van der Waals surface area contributed by atoms with Gasteiger partial charge in [0.05, 0.1) is 0 Å². The minimum absolute atomic E-state index is 0.0855. The zero-order valence-electron chi connectivity index (χ0n) is 12.9. The lowest BCUT2D eigenvalue weighted by molar-refractivity contribution is 0.297. The monoisotopic (exact) mass is 357 g/mol. The van der Waals surface area contributed by atoms with E-state index in [-0.39, 0.29) is 11.9 Å². The predicted octanol–water partition coefficient (Wildman–Crippen LogP) is 4.49. The largest absolute Gasteiger partial charge is 0.347 e. The van der Waals surface area contributed by atoms with E-state index >= 15 is 0 Å². The summed E-state index contributed by atoms with van der Waals surface area (Å²) in [5.74, 6) is -0.273. The van der Waals surface area contributed by atoms with E-state index in [4.69, 9.17) is 12.2 Å². The molecule has 3 heterocycles. The van der Waals surface area contributed by atoms with E-state index in [0.29, 0.717) is 10.8 Å². The van der Waals surface area contributed by atoms with Gasteiger partial charge in [0, 0.05) is 35.5 Å². The van der Waals surface area contributed by atoms with Crippen LogP contribution in [0.3, 0.4) is 0 Å². The normalized spacial score (nSPS) is 16.7. The Hall–Kier alpha value is -2.18. The highest BCUT2D eigenvalue weighted by molar-refractivity contribution is 7.80. The smallest absolute Gasteiger partial charge is 0.174 e. The topological polar surface area (TPSA) is 20.2 Å².